The third-order valence-electron chi connectivity index (χ3n) is 2.55. The molecule has 1 aromatic carbocycles. The fourth-order valence-corrected chi connectivity index (χ4v) is 1.70. The molecule has 2 N–H and O–H groups in total. The highest BCUT2D eigenvalue weighted by molar-refractivity contribution is 6.32. The zero-order valence-corrected chi connectivity index (χ0v) is 10.8. The monoisotopic (exact) mass is 278 g/mol. The maximum atomic E-state index is 11.9. The molecule has 0 aliphatic carbocycles. The molecule has 0 saturated heterocycles. The minimum atomic E-state index is -0.364. The molecule has 2 rings (SSSR count). The summed E-state index contributed by atoms with van der Waals surface area (Å²) in [6.45, 7) is 0. The van der Waals surface area contributed by atoms with E-state index >= 15 is 0 Å². The van der Waals surface area contributed by atoms with Crippen LogP contribution < -0.4 is 10.9 Å². The highest BCUT2D eigenvalue weighted by atomic mass is 35.5. The van der Waals surface area contributed by atoms with Crippen LogP contribution in [0.4, 0.5) is 5.69 Å². The summed E-state index contributed by atoms with van der Waals surface area (Å²) in [5.41, 5.74) is 0.622. The van der Waals surface area contributed by atoms with Crippen molar-refractivity contribution in [2.24, 2.45) is 7.05 Å². The van der Waals surface area contributed by atoms with Crippen LogP contribution in [0.15, 0.2) is 41.3 Å². The van der Waals surface area contributed by atoms with Crippen LogP contribution in [0.2, 0.25) is 5.02 Å². The van der Waals surface area contributed by atoms with Gasteiger partial charge in [-0.05, 0) is 24.3 Å². The van der Waals surface area contributed by atoms with E-state index in [0.717, 1.165) is 0 Å². The number of phenolic OH excluding ortho intramolecular Hbond substituents is 1. The van der Waals surface area contributed by atoms with Crippen LogP contribution in [0.25, 0.3) is 0 Å². The molecule has 5 nitrogen and oxygen atoms in total. The average Bonchev–Trinajstić information content (AvgIpc) is 2.37. The van der Waals surface area contributed by atoms with Gasteiger partial charge in [0.15, 0.2) is 0 Å². The first-order valence-corrected chi connectivity index (χ1v) is 5.82. The Bertz CT molecular complexity index is 695. The first kappa shape index (κ1) is 13.2. The molecule has 19 heavy (non-hydrogen) atoms. The molecule has 6 heteroatoms. The van der Waals surface area contributed by atoms with Gasteiger partial charge in [-0.3, -0.25) is 9.59 Å². The van der Waals surface area contributed by atoms with E-state index in [1.807, 2.05) is 0 Å². The Morgan fingerprint density at radius 1 is 1.32 bits per heavy atom. The van der Waals surface area contributed by atoms with Crippen LogP contribution in [-0.2, 0) is 7.05 Å². The van der Waals surface area contributed by atoms with Crippen molar-refractivity contribution in [3.8, 4) is 5.75 Å². The number of hydrogen-bond acceptors (Lipinski definition) is 3. The number of rotatable bonds is 2. The molecule has 0 radical (unpaired) electrons. The predicted molar refractivity (Wildman–Crippen MR) is 72.8 cm³/mol. The summed E-state index contributed by atoms with van der Waals surface area (Å²) in [4.78, 5) is 23.2. The zero-order chi connectivity index (χ0) is 14.0. The summed E-state index contributed by atoms with van der Waals surface area (Å²) in [6, 6.07) is 7.12. The van der Waals surface area contributed by atoms with Crippen LogP contribution in [0, 0.1) is 0 Å². The number of hydrogen-bond donors (Lipinski definition) is 2. The largest absolute Gasteiger partial charge is 0.506 e. The number of amides is 1. The molecule has 0 bridgehead atoms. The lowest BCUT2D eigenvalue weighted by atomic mass is 10.2. The Morgan fingerprint density at radius 3 is 2.68 bits per heavy atom. The molecule has 0 unspecified atom stereocenters. The number of carbonyl (C=O) groups excluding carboxylic acids is 1. The number of halogens is 1. The van der Waals surface area contributed by atoms with E-state index in [-0.39, 0.29) is 22.2 Å². The number of phenols is 1. The average molecular weight is 279 g/mol. The first-order valence-electron chi connectivity index (χ1n) is 5.44. The molecule has 0 aliphatic rings. The van der Waals surface area contributed by atoms with Crippen LogP contribution in [0.5, 0.6) is 5.75 Å². The number of benzene rings is 1. The van der Waals surface area contributed by atoms with Gasteiger partial charge in [0.2, 0.25) is 5.56 Å². The Morgan fingerprint density at radius 2 is 2.05 bits per heavy atom. The molecule has 1 aromatic heterocycles. The summed E-state index contributed by atoms with van der Waals surface area (Å²) in [5.74, 6) is -0.417. The number of nitrogens with zero attached hydrogens (tertiary/aromatic N) is 1. The van der Waals surface area contributed by atoms with Gasteiger partial charge in [0.25, 0.3) is 5.91 Å². The number of anilines is 1. The lowest BCUT2D eigenvalue weighted by Crippen LogP contribution is -2.19. The van der Waals surface area contributed by atoms with Gasteiger partial charge in [-0.15, -0.1) is 0 Å². The SMILES string of the molecule is Cn1cc(C(=O)Nc2ccc(O)c(Cl)c2)ccc1=O. The van der Waals surface area contributed by atoms with E-state index in [2.05, 4.69) is 5.32 Å². The Kier molecular flexibility index (Phi) is 3.57. The lowest BCUT2D eigenvalue weighted by Gasteiger charge is -2.07. The second kappa shape index (κ2) is 5.16. The first-order chi connectivity index (χ1) is 8.97. The fourth-order valence-electron chi connectivity index (χ4n) is 1.52. The van der Waals surface area contributed by atoms with E-state index in [1.165, 1.54) is 41.1 Å². The van der Waals surface area contributed by atoms with Crippen molar-refractivity contribution >= 4 is 23.2 Å². The van der Waals surface area contributed by atoms with Crippen molar-refractivity contribution in [2.45, 2.75) is 0 Å². The van der Waals surface area contributed by atoms with Crippen molar-refractivity contribution in [3.05, 3.63) is 57.5 Å². The third kappa shape index (κ3) is 2.95. The van der Waals surface area contributed by atoms with Crippen LogP contribution >= 0.6 is 11.6 Å². The molecule has 0 atom stereocenters. The minimum absolute atomic E-state index is 0.0539. The van der Waals surface area contributed by atoms with E-state index in [4.69, 9.17) is 11.6 Å². The van der Waals surface area contributed by atoms with Crippen LogP contribution in [-0.4, -0.2) is 15.6 Å². The van der Waals surface area contributed by atoms with Crippen molar-refractivity contribution in [3.63, 3.8) is 0 Å². The second-order valence-electron chi connectivity index (χ2n) is 3.99. The number of pyridine rings is 1. The standard InChI is InChI=1S/C13H11ClN2O3/c1-16-7-8(2-5-12(16)18)13(19)15-9-3-4-11(17)10(14)6-9/h2-7,17H,1H3,(H,15,19). The van der Waals surface area contributed by atoms with Gasteiger partial charge in [-0.25, -0.2) is 0 Å². The van der Waals surface area contributed by atoms with Crippen molar-refractivity contribution in [1.29, 1.82) is 0 Å². The Balaban J connectivity index is 2.22. The van der Waals surface area contributed by atoms with Crippen LogP contribution in [0.3, 0.4) is 0 Å². The van der Waals surface area contributed by atoms with Crippen LogP contribution in [0.1, 0.15) is 10.4 Å². The topological polar surface area (TPSA) is 71.3 Å². The van der Waals surface area contributed by atoms with Gasteiger partial charge in [0, 0.05) is 25.0 Å². The number of aromatic nitrogens is 1. The number of nitrogens with one attached hydrogen (secondary N) is 1. The Hall–Kier alpha value is -2.27. The molecule has 2 aromatic rings. The molecule has 1 amide bonds. The van der Waals surface area contributed by atoms with Crippen molar-refractivity contribution < 1.29 is 9.90 Å². The normalized spacial score (nSPS) is 10.2. The van der Waals surface area contributed by atoms with E-state index in [1.54, 1.807) is 7.05 Å². The Labute approximate surface area is 114 Å². The minimum Gasteiger partial charge on any atom is -0.506 e. The summed E-state index contributed by atoms with van der Waals surface area (Å²) in [5, 5.41) is 12.1. The van der Waals surface area contributed by atoms with Crippen molar-refractivity contribution in [2.75, 3.05) is 5.32 Å². The summed E-state index contributed by atoms with van der Waals surface area (Å²) in [6.07, 6.45) is 1.44. The lowest BCUT2D eigenvalue weighted by molar-refractivity contribution is 0.102. The summed E-state index contributed by atoms with van der Waals surface area (Å²) in [7, 11) is 1.57. The quantitative estimate of drug-likeness (QED) is 0.826. The fraction of sp³-hybridized carbons (Fsp3) is 0.0769. The highest BCUT2D eigenvalue weighted by Gasteiger charge is 2.08. The second-order valence-corrected chi connectivity index (χ2v) is 4.39. The highest BCUT2D eigenvalue weighted by Crippen LogP contribution is 2.26. The molecule has 0 fully saturated rings. The van der Waals surface area contributed by atoms with Gasteiger partial charge in [0.1, 0.15) is 5.75 Å². The predicted octanol–water partition coefficient (Wildman–Crippen LogP) is 2.00. The molecular weight excluding hydrogens is 268 g/mol. The van der Waals surface area contributed by atoms with Gasteiger partial charge < -0.3 is 15.0 Å². The van der Waals surface area contributed by atoms with Crippen molar-refractivity contribution in [1.82, 2.24) is 4.57 Å². The van der Waals surface area contributed by atoms with Gasteiger partial charge >= 0.3 is 0 Å². The molecule has 0 aliphatic heterocycles. The molecule has 0 spiro atoms. The molecular formula is C13H11ClN2O3. The number of aryl methyl sites for hydroxylation is 1. The van der Waals surface area contributed by atoms with E-state index < -0.39 is 0 Å². The van der Waals surface area contributed by atoms with E-state index in [0.29, 0.717) is 11.3 Å². The summed E-state index contributed by atoms with van der Waals surface area (Å²) >= 11 is 5.74. The smallest absolute Gasteiger partial charge is 0.257 e. The summed E-state index contributed by atoms with van der Waals surface area (Å²) < 4.78 is 1.32. The number of carbonyl (C=O) groups is 1. The maximum Gasteiger partial charge on any atom is 0.257 e. The molecule has 0 saturated carbocycles. The zero-order valence-electron chi connectivity index (χ0n) is 10.1. The van der Waals surface area contributed by atoms with Gasteiger partial charge in [-0.2, -0.15) is 0 Å². The van der Waals surface area contributed by atoms with E-state index in [9.17, 15) is 14.7 Å². The van der Waals surface area contributed by atoms with Gasteiger partial charge in [0.05, 0.1) is 10.6 Å². The number of aromatic hydroxyl groups is 1. The maximum absolute atomic E-state index is 11.9. The molecule has 1 heterocycles. The third-order valence-corrected chi connectivity index (χ3v) is 2.86. The molecule has 98 valence electrons. The van der Waals surface area contributed by atoms with Gasteiger partial charge in [-0.1, -0.05) is 11.6 Å².